The van der Waals surface area contributed by atoms with E-state index in [0.29, 0.717) is 5.75 Å². The van der Waals surface area contributed by atoms with Gasteiger partial charge in [-0.1, -0.05) is 0 Å². The molecule has 0 saturated heterocycles. The molecule has 6 nitrogen and oxygen atoms in total. The van der Waals surface area contributed by atoms with Gasteiger partial charge in [-0.2, -0.15) is 0 Å². The third kappa shape index (κ3) is 4.22. The second kappa shape index (κ2) is 6.53. The molecule has 0 radical (unpaired) electrons. The predicted molar refractivity (Wildman–Crippen MR) is 69.6 cm³/mol. The Morgan fingerprint density at radius 1 is 1.26 bits per heavy atom. The van der Waals surface area contributed by atoms with E-state index >= 15 is 0 Å². The van der Waals surface area contributed by atoms with Crippen molar-refractivity contribution >= 4 is 15.6 Å². The van der Waals surface area contributed by atoms with Crippen LogP contribution in [0, 0.1) is 0 Å². The summed E-state index contributed by atoms with van der Waals surface area (Å²) in [5.41, 5.74) is 0.171. The van der Waals surface area contributed by atoms with E-state index in [0.717, 1.165) is 0 Å². The van der Waals surface area contributed by atoms with Crippen molar-refractivity contribution in [3.05, 3.63) is 23.8 Å². The number of carbonyl (C=O) groups excluding carboxylic acids is 1. The molecular weight excluding hydrogens is 272 g/mol. The van der Waals surface area contributed by atoms with Gasteiger partial charge in [-0.15, -0.1) is 0 Å². The zero-order valence-corrected chi connectivity index (χ0v) is 11.6. The summed E-state index contributed by atoms with van der Waals surface area (Å²) in [6.45, 7) is -0.505. The molecule has 1 rings (SSSR count). The number of Topliss-reactive ketones (excluding diaryl/α,β-unsaturated/α-hetero) is 1. The van der Waals surface area contributed by atoms with Gasteiger partial charge < -0.3 is 14.6 Å². The van der Waals surface area contributed by atoms with Crippen LogP contribution in [0.1, 0.15) is 10.4 Å². The van der Waals surface area contributed by atoms with Crippen LogP contribution in [0.25, 0.3) is 0 Å². The predicted octanol–water partition coefficient (Wildman–Crippen LogP) is 0.294. The van der Waals surface area contributed by atoms with Crippen LogP contribution in [0.4, 0.5) is 0 Å². The second-order valence-corrected chi connectivity index (χ2v) is 5.99. The molecule has 0 spiro atoms. The average Bonchev–Trinajstić information content (AvgIpc) is 2.37. The number of ketones is 1. The Morgan fingerprint density at radius 3 is 2.47 bits per heavy atom. The number of aliphatic hydroxyl groups is 1. The molecule has 0 aromatic heterocycles. The highest BCUT2D eigenvalue weighted by molar-refractivity contribution is 7.92. The molecule has 0 aliphatic heterocycles. The smallest absolute Gasteiger partial charge is 0.181 e. The van der Waals surface area contributed by atoms with Crippen molar-refractivity contribution < 1.29 is 27.8 Å². The molecule has 106 valence electrons. The standard InChI is InChI=1S/C12H16O6S/c1-17-9-3-4-10(12(7-9)18-2)11(14)8-19(15,16)6-5-13/h3-4,7,13H,5-6,8H2,1-2H3. The van der Waals surface area contributed by atoms with Gasteiger partial charge in [0, 0.05) is 6.07 Å². The van der Waals surface area contributed by atoms with Crippen LogP contribution in [-0.4, -0.2) is 51.6 Å². The van der Waals surface area contributed by atoms with Crippen LogP contribution in [0.15, 0.2) is 18.2 Å². The van der Waals surface area contributed by atoms with E-state index in [2.05, 4.69) is 0 Å². The largest absolute Gasteiger partial charge is 0.497 e. The van der Waals surface area contributed by atoms with Crippen molar-refractivity contribution in [2.75, 3.05) is 32.3 Å². The molecule has 19 heavy (non-hydrogen) atoms. The van der Waals surface area contributed by atoms with E-state index in [9.17, 15) is 13.2 Å². The summed E-state index contributed by atoms with van der Waals surface area (Å²) in [6.07, 6.45) is 0. The van der Waals surface area contributed by atoms with Crippen molar-refractivity contribution in [2.45, 2.75) is 0 Å². The molecular formula is C12H16O6S. The number of hydrogen-bond acceptors (Lipinski definition) is 6. The summed E-state index contributed by atoms with van der Waals surface area (Å²) >= 11 is 0. The average molecular weight is 288 g/mol. The van der Waals surface area contributed by atoms with Crippen LogP contribution in [0.3, 0.4) is 0 Å². The highest BCUT2D eigenvalue weighted by atomic mass is 32.2. The normalized spacial score (nSPS) is 11.1. The first kappa shape index (κ1) is 15.5. The molecule has 1 aromatic rings. The van der Waals surface area contributed by atoms with Crippen molar-refractivity contribution in [1.29, 1.82) is 0 Å². The first-order chi connectivity index (χ1) is 8.93. The molecule has 0 atom stereocenters. The Balaban J connectivity index is 3.00. The van der Waals surface area contributed by atoms with Crippen LogP contribution in [-0.2, 0) is 9.84 Å². The SMILES string of the molecule is COc1ccc(C(=O)CS(=O)(=O)CCO)c(OC)c1. The van der Waals surface area contributed by atoms with Gasteiger partial charge in [0.2, 0.25) is 0 Å². The fraction of sp³-hybridized carbons (Fsp3) is 0.417. The van der Waals surface area contributed by atoms with E-state index in [1.54, 1.807) is 6.07 Å². The van der Waals surface area contributed by atoms with Gasteiger partial charge in [0.05, 0.1) is 32.1 Å². The molecule has 1 N–H and O–H groups in total. The fourth-order valence-electron chi connectivity index (χ4n) is 1.52. The number of carbonyl (C=O) groups is 1. The highest BCUT2D eigenvalue weighted by Gasteiger charge is 2.20. The van der Waals surface area contributed by atoms with Crippen LogP contribution >= 0.6 is 0 Å². The molecule has 0 aliphatic carbocycles. The summed E-state index contributed by atoms with van der Waals surface area (Å²) in [4.78, 5) is 11.9. The molecule has 1 aromatic carbocycles. The molecule has 0 aliphatic rings. The first-order valence-electron chi connectivity index (χ1n) is 5.50. The van der Waals surface area contributed by atoms with E-state index in [1.807, 2.05) is 0 Å². The van der Waals surface area contributed by atoms with Gasteiger partial charge in [0.25, 0.3) is 0 Å². The van der Waals surface area contributed by atoms with Gasteiger partial charge in [0.1, 0.15) is 17.3 Å². The summed E-state index contributed by atoms with van der Waals surface area (Å²) in [5, 5.41) is 8.62. The quantitative estimate of drug-likeness (QED) is 0.725. The highest BCUT2D eigenvalue weighted by Crippen LogP contribution is 2.25. The van der Waals surface area contributed by atoms with Crippen molar-refractivity contribution in [2.24, 2.45) is 0 Å². The van der Waals surface area contributed by atoms with Crippen molar-refractivity contribution in [3.63, 3.8) is 0 Å². The number of hydrogen-bond donors (Lipinski definition) is 1. The Labute approximate surface area is 111 Å². The summed E-state index contributed by atoms with van der Waals surface area (Å²) in [7, 11) is -0.749. The zero-order valence-electron chi connectivity index (χ0n) is 10.8. The van der Waals surface area contributed by atoms with Crippen molar-refractivity contribution in [3.8, 4) is 11.5 Å². The molecule has 7 heteroatoms. The topological polar surface area (TPSA) is 89.9 Å². The number of methoxy groups -OCH3 is 2. The minimum absolute atomic E-state index is 0.171. The van der Waals surface area contributed by atoms with E-state index in [1.165, 1.54) is 26.4 Å². The molecule has 0 saturated carbocycles. The number of ether oxygens (including phenoxy) is 2. The molecule has 0 heterocycles. The maximum absolute atomic E-state index is 11.9. The third-order valence-electron chi connectivity index (χ3n) is 2.46. The fourth-order valence-corrected chi connectivity index (χ4v) is 2.50. The third-order valence-corrected chi connectivity index (χ3v) is 3.97. The second-order valence-electron chi connectivity index (χ2n) is 3.81. The van der Waals surface area contributed by atoms with Crippen LogP contribution < -0.4 is 9.47 Å². The summed E-state index contributed by atoms with van der Waals surface area (Å²) < 4.78 is 33.0. The number of rotatable bonds is 7. The first-order valence-corrected chi connectivity index (χ1v) is 7.32. The van der Waals surface area contributed by atoms with Gasteiger partial charge in [-0.3, -0.25) is 4.79 Å². The maximum atomic E-state index is 11.9. The monoisotopic (exact) mass is 288 g/mol. The molecule has 0 bridgehead atoms. The Morgan fingerprint density at radius 2 is 1.95 bits per heavy atom. The lowest BCUT2D eigenvalue weighted by Crippen LogP contribution is -2.21. The summed E-state index contributed by atoms with van der Waals surface area (Å²) in [5.74, 6) is -0.906. The molecule has 0 amide bonds. The Hall–Kier alpha value is -1.60. The van der Waals surface area contributed by atoms with E-state index < -0.39 is 33.7 Å². The lowest BCUT2D eigenvalue weighted by atomic mass is 10.1. The zero-order chi connectivity index (χ0) is 14.5. The van der Waals surface area contributed by atoms with Gasteiger partial charge in [-0.05, 0) is 12.1 Å². The maximum Gasteiger partial charge on any atom is 0.181 e. The van der Waals surface area contributed by atoms with Crippen LogP contribution in [0.5, 0.6) is 11.5 Å². The van der Waals surface area contributed by atoms with Gasteiger partial charge in [-0.25, -0.2) is 8.42 Å². The van der Waals surface area contributed by atoms with Crippen molar-refractivity contribution in [1.82, 2.24) is 0 Å². The minimum Gasteiger partial charge on any atom is -0.497 e. The number of aliphatic hydroxyl groups excluding tert-OH is 1. The van der Waals surface area contributed by atoms with E-state index in [-0.39, 0.29) is 11.3 Å². The Kier molecular flexibility index (Phi) is 5.31. The van der Waals surface area contributed by atoms with Crippen LogP contribution in [0.2, 0.25) is 0 Å². The number of benzene rings is 1. The molecule has 0 unspecified atom stereocenters. The van der Waals surface area contributed by atoms with Gasteiger partial charge >= 0.3 is 0 Å². The summed E-state index contributed by atoms with van der Waals surface area (Å²) in [6, 6.07) is 4.51. The minimum atomic E-state index is -3.61. The molecule has 0 fully saturated rings. The lowest BCUT2D eigenvalue weighted by Gasteiger charge is -2.09. The Bertz CT molecular complexity index is 549. The lowest BCUT2D eigenvalue weighted by molar-refractivity contribution is 0.101. The van der Waals surface area contributed by atoms with Gasteiger partial charge in [0.15, 0.2) is 15.6 Å². The van der Waals surface area contributed by atoms with E-state index in [4.69, 9.17) is 14.6 Å². The number of sulfone groups is 1.